The molecule has 0 spiro atoms. The number of alkyl halides is 3. The Morgan fingerprint density at radius 1 is 1.00 bits per heavy atom. The quantitative estimate of drug-likeness (QED) is 0.201. The first-order valence-electron chi connectivity index (χ1n) is 11.8. The van der Waals surface area contributed by atoms with Crippen LogP contribution >= 0.6 is 11.9 Å². The highest BCUT2D eigenvalue weighted by molar-refractivity contribution is 7.97. The van der Waals surface area contributed by atoms with E-state index >= 15 is 0 Å². The van der Waals surface area contributed by atoms with E-state index in [1.54, 1.807) is 47.9 Å². The number of hydrogen-bond acceptors (Lipinski definition) is 7. The van der Waals surface area contributed by atoms with Gasteiger partial charge in [0.15, 0.2) is 11.5 Å². The average molecular weight is 549 g/mol. The molecular weight excluding hydrogens is 521 g/mol. The molecule has 0 aliphatic carbocycles. The number of carbonyl (C=O) groups is 1. The molecule has 0 unspecified atom stereocenters. The van der Waals surface area contributed by atoms with Gasteiger partial charge in [0.2, 0.25) is 0 Å². The molecule has 0 saturated carbocycles. The van der Waals surface area contributed by atoms with Gasteiger partial charge in [0.1, 0.15) is 17.4 Å². The van der Waals surface area contributed by atoms with Gasteiger partial charge in [-0.05, 0) is 66.2 Å². The Kier molecular flexibility index (Phi) is 8.70. The first-order valence-corrected chi connectivity index (χ1v) is 12.6. The molecule has 3 aromatic rings. The highest BCUT2D eigenvalue weighted by Gasteiger charge is 2.33. The molecule has 1 aliphatic heterocycles. The molecule has 2 N–H and O–H groups in total. The minimum atomic E-state index is -4.43. The maximum absolute atomic E-state index is 13.4. The van der Waals surface area contributed by atoms with Crippen molar-refractivity contribution >= 4 is 17.9 Å². The van der Waals surface area contributed by atoms with E-state index in [1.165, 1.54) is 38.3 Å². The summed E-state index contributed by atoms with van der Waals surface area (Å²) in [5.41, 5.74) is 1.75. The van der Waals surface area contributed by atoms with Gasteiger partial charge in [-0.25, -0.2) is 9.79 Å². The van der Waals surface area contributed by atoms with Crippen molar-refractivity contribution in [1.29, 1.82) is 0 Å². The van der Waals surface area contributed by atoms with Crippen LogP contribution in [-0.4, -0.2) is 48.8 Å². The molecule has 1 fully saturated rings. The second-order valence-electron chi connectivity index (χ2n) is 8.52. The lowest BCUT2D eigenvalue weighted by Gasteiger charge is -2.31. The minimum Gasteiger partial charge on any atom is -0.493 e. The Morgan fingerprint density at radius 2 is 1.68 bits per heavy atom. The van der Waals surface area contributed by atoms with Crippen LogP contribution in [0.5, 0.6) is 17.2 Å². The number of benzene rings is 3. The Bertz CT molecular complexity index is 1260. The van der Waals surface area contributed by atoms with Crippen molar-refractivity contribution in [2.75, 3.05) is 27.3 Å². The highest BCUT2D eigenvalue weighted by Crippen LogP contribution is 2.40. The van der Waals surface area contributed by atoms with Gasteiger partial charge in [-0.2, -0.15) is 13.2 Å². The van der Waals surface area contributed by atoms with Gasteiger partial charge in [-0.3, -0.25) is 10.0 Å². The van der Waals surface area contributed by atoms with E-state index in [2.05, 4.69) is 4.31 Å². The zero-order valence-corrected chi connectivity index (χ0v) is 21.6. The third kappa shape index (κ3) is 6.17. The topological polar surface area (TPSA) is 80.3 Å². The van der Waals surface area contributed by atoms with Crippen LogP contribution in [0.2, 0.25) is 0 Å². The van der Waals surface area contributed by atoms with Crippen molar-refractivity contribution in [1.82, 2.24) is 9.79 Å². The van der Waals surface area contributed by atoms with Gasteiger partial charge >= 0.3 is 6.18 Å². The summed E-state index contributed by atoms with van der Waals surface area (Å²) in [6.45, 7) is 1.34. The Balaban J connectivity index is 1.39. The normalized spacial score (nSPS) is 14.7. The van der Waals surface area contributed by atoms with Gasteiger partial charge in [0, 0.05) is 18.0 Å². The number of halogens is 3. The summed E-state index contributed by atoms with van der Waals surface area (Å²) in [5.74, 6) is 0.480. The molecule has 0 bridgehead atoms. The van der Waals surface area contributed by atoms with E-state index in [0.717, 1.165) is 6.07 Å². The molecule has 3 aromatic carbocycles. The predicted octanol–water partition coefficient (Wildman–Crippen LogP) is 6.06. The minimum absolute atomic E-state index is 0.0641. The third-order valence-electron chi connectivity index (χ3n) is 6.16. The van der Waals surface area contributed by atoms with Crippen molar-refractivity contribution < 1.29 is 37.4 Å². The lowest BCUT2D eigenvalue weighted by molar-refractivity contribution is -0.137. The van der Waals surface area contributed by atoms with Gasteiger partial charge in [-0.1, -0.05) is 30.3 Å². The first kappa shape index (κ1) is 27.6. The SMILES string of the molecule is COc1ccc(SN2CCC(Oc3ccc(-c4ccccc4C(F)(F)F)cc3)CC2)c(C(=O)NO)c1OC. The summed E-state index contributed by atoms with van der Waals surface area (Å²) in [5, 5.41) is 9.22. The number of nitrogens with one attached hydrogen (secondary N) is 1. The fourth-order valence-electron chi connectivity index (χ4n) is 4.32. The van der Waals surface area contributed by atoms with Crippen LogP contribution in [0.15, 0.2) is 65.6 Å². The van der Waals surface area contributed by atoms with Crippen molar-refractivity contribution in [3.8, 4) is 28.4 Å². The first-order chi connectivity index (χ1) is 18.2. The Labute approximate surface area is 222 Å². The fraction of sp³-hybridized carbons (Fsp3) is 0.296. The second kappa shape index (κ2) is 12.0. The predicted molar refractivity (Wildman–Crippen MR) is 137 cm³/mol. The molecule has 7 nitrogen and oxygen atoms in total. The number of amides is 1. The van der Waals surface area contributed by atoms with E-state index in [0.29, 0.717) is 47.9 Å². The van der Waals surface area contributed by atoms with Crippen LogP contribution < -0.4 is 19.7 Å². The molecule has 202 valence electrons. The lowest BCUT2D eigenvalue weighted by Crippen LogP contribution is -2.34. The van der Waals surface area contributed by atoms with Crippen molar-refractivity contribution in [2.45, 2.75) is 30.0 Å². The highest BCUT2D eigenvalue weighted by atomic mass is 32.2. The number of rotatable bonds is 8. The molecule has 1 heterocycles. The third-order valence-corrected chi connectivity index (χ3v) is 7.33. The summed E-state index contributed by atoms with van der Waals surface area (Å²) in [7, 11) is 2.88. The Hall–Kier alpha value is -3.41. The van der Waals surface area contributed by atoms with Gasteiger partial charge in [-0.15, -0.1) is 0 Å². The van der Waals surface area contributed by atoms with Crippen molar-refractivity contribution in [3.05, 3.63) is 71.8 Å². The summed E-state index contributed by atoms with van der Waals surface area (Å²) >= 11 is 1.37. The molecular formula is C27H27F3N2O5S. The molecule has 1 amide bonds. The van der Waals surface area contributed by atoms with E-state index in [-0.39, 0.29) is 23.0 Å². The number of methoxy groups -OCH3 is 2. The summed E-state index contributed by atoms with van der Waals surface area (Å²) < 4.78 is 58.9. The lowest BCUT2D eigenvalue weighted by atomic mass is 9.99. The Morgan fingerprint density at radius 3 is 2.29 bits per heavy atom. The summed E-state index contributed by atoms with van der Waals surface area (Å²) in [6.07, 6.45) is -3.08. The number of ether oxygens (including phenoxy) is 3. The average Bonchev–Trinajstić information content (AvgIpc) is 2.93. The molecule has 0 aromatic heterocycles. The number of piperidine rings is 1. The molecule has 0 radical (unpaired) electrons. The van der Waals surface area contributed by atoms with Crippen LogP contribution in [0.25, 0.3) is 11.1 Å². The van der Waals surface area contributed by atoms with Crippen LogP contribution in [0.4, 0.5) is 13.2 Å². The van der Waals surface area contributed by atoms with E-state index in [9.17, 15) is 23.2 Å². The van der Waals surface area contributed by atoms with E-state index < -0.39 is 17.6 Å². The number of nitrogens with zero attached hydrogens (tertiary/aromatic N) is 1. The molecule has 0 atom stereocenters. The molecule has 4 rings (SSSR count). The summed E-state index contributed by atoms with van der Waals surface area (Å²) in [4.78, 5) is 13.0. The van der Waals surface area contributed by atoms with E-state index in [1.807, 2.05) is 0 Å². The monoisotopic (exact) mass is 548 g/mol. The molecule has 1 aliphatic rings. The van der Waals surface area contributed by atoms with Gasteiger partial charge in [0.05, 0.1) is 19.8 Å². The van der Waals surface area contributed by atoms with Crippen LogP contribution in [0.1, 0.15) is 28.8 Å². The van der Waals surface area contributed by atoms with Crippen LogP contribution in [0, 0.1) is 0 Å². The fourth-order valence-corrected chi connectivity index (χ4v) is 5.40. The number of hydroxylamine groups is 1. The zero-order chi connectivity index (χ0) is 27.3. The largest absolute Gasteiger partial charge is 0.493 e. The van der Waals surface area contributed by atoms with Crippen LogP contribution in [0.3, 0.4) is 0 Å². The maximum atomic E-state index is 13.4. The molecule has 38 heavy (non-hydrogen) atoms. The van der Waals surface area contributed by atoms with Crippen molar-refractivity contribution in [2.24, 2.45) is 0 Å². The second-order valence-corrected chi connectivity index (χ2v) is 9.66. The van der Waals surface area contributed by atoms with Crippen LogP contribution in [-0.2, 0) is 6.18 Å². The standard InChI is InChI=1S/C27H27F3N2O5S/c1-35-22-11-12-23(24(25(22)36-2)26(33)31-34)38-32-15-13-19(14-16-32)37-18-9-7-17(8-10-18)20-5-3-4-6-21(20)27(28,29)30/h3-12,19,34H,13-16H2,1-2H3,(H,31,33). The van der Waals surface area contributed by atoms with Gasteiger partial charge < -0.3 is 14.2 Å². The van der Waals surface area contributed by atoms with E-state index in [4.69, 9.17) is 14.2 Å². The maximum Gasteiger partial charge on any atom is 0.417 e. The smallest absolute Gasteiger partial charge is 0.417 e. The summed E-state index contributed by atoms with van der Waals surface area (Å²) in [6, 6.07) is 15.6. The molecule has 11 heteroatoms. The number of carbonyl (C=O) groups excluding carboxylic acids is 1. The van der Waals surface area contributed by atoms with Crippen molar-refractivity contribution in [3.63, 3.8) is 0 Å². The molecule has 1 saturated heterocycles. The number of hydrogen-bond donors (Lipinski definition) is 2. The zero-order valence-electron chi connectivity index (χ0n) is 20.7. The van der Waals surface area contributed by atoms with Gasteiger partial charge in [0.25, 0.3) is 5.91 Å².